The number of hydrogen-bond acceptors (Lipinski definition) is 17. The van der Waals surface area contributed by atoms with Gasteiger partial charge in [-0.2, -0.15) is 0 Å². The Morgan fingerprint density at radius 1 is 0.975 bits per heavy atom. The van der Waals surface area contributed by atoms with Crippen molar-refractivity contribution in [3.63, 3.8) is 0 Å². The number of halogens is 4. The maximum Gasteiger partial charge on any atom is 0.265 e. The van der Waals surface area contributed by atoms with Gasteiger partial charge in [0.15, 0.2) is 28.8 Å². The van der Waals surface area contributed by atoms with Gasteiger partial charge in [-0.15, -0.1) is 11.3 Å². The molecule has 2 aromatic carbocycles. The molecule has 81 heavy (non-hydrogen) atoms. The number of pyridine rings is 1. The highest BCUT2D eigenvalue weighted by Gasteiger charge is 2.46. The lowest BCUT2D eigenvalue weighted by Crippen LogP contribution is -2.63. The third-order valence-corrected chi connectivity index (χ3v) is 16.4. The van der Waals surface area contributed by atoms with Gasteiger partial charge in [0, 0.05) is 51.3 Å². The summed E-state index contributed by atoms with van der Waals surface area (Å²) in [7, 11) is 0. The van der Waals surface area contributed by atoms with E-state index in [1.54, 1.807) is 53.2 Å². The molecule has 3 amide bonds. The van der Waals surface area contributed by atoms with Crippen LogP contribution in [0.2, 0.25) is 0 Å². The van der Waals surface area contributed by atoms with Crippen LogP contribution in [0.5, 0.6) is 5.75 Å². The summed E-state index contributed by atoms with van der Waals surface area (Å²) in [5.41, 5.74) is 16.8. The molecule has 4 aromatic heterocycles. The number of carbonyl (C=O) groups is 3. The number of aryl methyl sites for hydroxylation is 1. The number of rotatable bonds is 19. The van der Waals surface area contributed by atoms with Crippen LogP contribution in [0, 0.1) is 24.0 Å². The molecule has 0 spiro atoms. The molecule has 0 aliphatic carbocycles. The van der Waals surface area contributed by atoms with E-state index < -0.39 is 88.9 Å². The predicted molar refractivity (Wildman–Crippen MR) is 296 cm³/mol. The number of nitrogens with one attached hydrogen (secondary N) is 2. The van der Waals surface area contributed by atoms with Crippen LogP contribution in [0.15, 0.2) is 66.8 Å². The number of nitrogen functional groups attached to an aromatic ring is 1. The van der Waals surface area contributed by atoms with Gasteiger partial charge >= 0.3 is 0 Å². The number of hydrogen-bond donors (Lipinski definition) is 6. The van der Waals surface area contributed by atoms with Crippen LogP contribution in [0.4, 0.5) is 29.1 Å². The van der Waals surface area contributed by atoms with Crippen LogP contribution in [0.1, 0.15) is 82.7 Å². The van der Waals surface area contributed by atoms with Gasteiger partial charge in [0.1, 0.15) is 42.7 Å². The Morgan fingerprint density at radius 2 is 1.70 bits per heavy atom. The Bertz CT molecular complexity index is 3190. The molecule has 20 nitrogen and oxygen atoms in total. The number of β-amino-alcohol motifs (C(OH)–C–C–N with tert-alkyl or cyclic N) is 1. The lowest BCUT2D eigenvalue weighted by molar-refractivity contribution is -0.144. The first kappa shape index (κ1) is 58.7. The normalized spacial score (nSPS) is 20.4. The van der Waals surface area contributed by atoms with Crippen molar-refractivity contribution < 1.29 is 51.6 Å². The summed E-state index contributed by atoms with van der Waals surface area (Å²) in [6.07, 6.45) is -0.752. The van der Waals surface area contributed by atoms with Crippen molar-refractivity contribution in [3.05, 3.63) is 95.3 Å². The number of thiazole rings is 1. The summed E-state index contributed by atoms with van der Waals surface area (Å²) in [5.74, 6) is -3.66. The molecule has 9 rings (SSSR count). The molecule has 0 unspecified atom stereocenters. The molecule has 0 bridgehead atoms. The third-order valence-electron chi connectivity index (χ3n) is 15.4. The molecular weight excluding hydrogens is 1070 g/mol. The van der Waals surface area contributed by atoms with E-state index in [0.29, 0.717) is 67.9 Å². The first-order valence-corrected chi connectivity index (χ1v) is 27.9. The molecule has 6 atom stereocenters. The molecule has 6 aromatic rings. The number of benzene rings is 2. The highest BCUT2D eigenvalue weighted by molar-refractivity contribution is 7.13. The van der Waals surface area contributed by atoms with E-state index in [1.807, 2.05) is 38.1 Å². The van der Waals surface area contributed by atoms with Gasteiger partial charge in [-0.05, 0) is 79.8 Å². The number of likely N-dealkylation sites (tertiary alicyclic amines) is 2. The SMILES string of the molecule is Cc1ncsc1-c1ccc([C@H](C)NC(=O)[C@@H]2C[C@@H](O)CN2C(=O)[C@@H](NC(=O)COCCN2CCC(Oc3c(F)cc(-c4cc(Cn5cnc6c(N)ncnc65)c(N5CCC[C@](N)([C@@H](O)C(F)F)C5)cn4)cc3F)CC2)C(C)(C)C)cc1. The fourth-order valence-electron chi connectivity index (χ4n) is 10.9. The van der Waals surface area contributed by atoms with E-state index in [-0.39, 0.29) is 62.8 Å². The fourth-order valence-corrected chi connectivity index (χ4v) is 11.7. The first-order chi connectivity index (χ1) is 38.6. The topological polar surface area (TPSA) is 265 Å². The Hall–Kier alpha value is -6.90. The van der Waals surface area contributed by atoms with Gasteiger partial charge in [-0.25, -0.2) is 37.5 Å². The van der Waals surface area contributed by atoms with Crippen molar-refractivity contribution in [2.45, 2.75) is 122 Å². The second-order valence-corrected chi connectivity index (χ2v) is 23.3. The summed E-state index contributed by atoms with van der Waals surface area (Å²) in [6, 6.07) is 9.38. The second kappa shape index (κ2) is 24.7. The minimum atomic E-state index is -3.05. The molecule has 3 aliphatic rings. The summed E-state index contributed by atoms with van der Waals surface area (Å²) in [6.45, 7) is 10.9. The van der Waals surface area contributed by atoms with Gasteiger partial charge in [0.2, 0.25) is 17.7 Å². The molecule has 3 fully saturated rings. The van der Waals surface area contributed by atoms with Crippen LogP contribution in [0.3, 0.4) is 0 Å². The monoisotopic (exact) mass is 1140 g/mol. The van der Waals surface area contributed by atoms with Crippen molar-refractivity contribution in [1.82, 2.24) is 49.9 Å². The molecule has 3 aliphatic heterocycles. The molecule has 434 valence electrons. The molecular formula is C56H69F4N13O7S. The number of carbonyl (C=O) groups excluding carboxylic acids is 3. The third kappa shape index (κ3) is 13.4. The number of fused-ring (bicyclic) bond motifs is 1. The minimum absolute atomic E-state index is 0.0485. The molecule has 25 heteroatoms. The van der Waals surface area contributed by atoms with Crippen LogP contribution < -0.4 is 31.7 Å². The van der Waals surface area contributed by atoms with E-state index in [0.717, 1.165) is 33.8 Å². The quantitative estimate of drug-likeness (QED) is 0.0439. The molecule has 0 radical (unpaired) electrons. The first-order valence-electron chi connectivity index (χ1n) is 27.0. The zero-order chi connectivity index (χ0) is 57.9. The number of aliphatic hydroxyl groups is 2. The zero-order valence-corrected chi connectivity index (χ0v) is 46.6. The summed E-state index contributed by atoms with van der Waals surface area (Å²) >= 11 is 1.55. The number of amides is 3. The average Bonchev–Trinajstić information content (AvgIpc) is 4.35. The summed E-state index contributed by atoms with van der Waals surface area (Å²) < 4.78 is 72.8. The number of piperidine rings is 2. The van der Waals surface area contributed by atoms with Crippen molar-refractivity contribution in [2.24, 2.45) is 11.1 Å². The van der Waals surface area contributed by atoms with Crippen LogP contribution in [0.25, 0.3) is 32.9 Å². The van der Waals surface area contributed by atoms with Gasteiger partial charge in [-0.1, -0.05) is 45.0 Å². The fraction of sp³-hybridized carbons (Fsp3) is 0.500. The number of anilines is 2. The number of imidazole rings is 1. The number of nitrogens with two attached hydrogens (primary N) is 2. The van der Waals surface area contributed by atoms with Gasteiger partial charge in [0.05, 0.1) is 70.8 Å². The molecule has 0 saturated carbocycles. The van der Waals surface area contributed by atoms with Crippen molar-refractivity contribution in [2.75, 3.05) is 63.1 Å². The van der Waals surface area contributed by atoms with Crippen molar-refractivity contribution >= 4 is 51.7 Å². The second-order valence-electron chi connectivity index (χ2n) is 22.4. The van der Waals surface area contributed by atoms with E-state index in [2.05, 4.69) is 40.5 Å². The molecule has 7 heterocycles. The van der Waals surface area contributed by atoms with Crippen LogP contribution in [-0.4, -0.2) is 162 Å². The predicted octanol–water partition coefficient (Wildman–Crippen LogP) is 5.38. The van der Waals surface area contributed by atoms with Gasteiger partial charge < -0.3 is 61.1 Å². The van der Waals surface area contributed by atoms with Gasteiger partial charge in [0.25, 0.3) is 6.43 Å². The van der Waals surface area contributed by atoms with E-state index in [9.17, 15) is 33.4 Å². The van der Waals surface area contributed by atoms with E-state index >= 15 is 8.78 Å². The maximum absolute atomic E-state index is 15.9. The number of nitrogens with zero attached hydrogens (tertiary/aromatic N) is 9. The summed E-state index contributed by atoms with van der Waals surface area (Å²) in [5, 5.41) is 26.9. The van der Waals surface area contributed by atoms with Crippen molar-refractivity contribution in [3.8, 4) is 27.4 Å². The number of ether oxygens (including phenoxy) is 2. The number of alkyl halides is 2. The van der Waals surface area contributed by atoms with Gasteiger partial charge in [-0.3, -0.25) is 19.4 Å². The van der Waals surface area contributed by atoms with Crippen LogP contribution in [-0.2, 0) is 25.7 Å². The van der Waals surface area contributed by atoms with E-state index in [1.165, 1.54) is 23.8 Å². The average molecular weight is 1140 g/mol. The van der Waals surface area contributed by atoms with Crippen LogP contribution >= 0.6 is 11.3 Å². The minimum Gasteiger partial charge on any atom is -0.484 e. The Morgan fingerprint density at radius 3 is 2.38 bits per heavy atom. The lowest BCUT2D eigenvalue weighted by atomic mass is 9.84. The Labute approximate surface area is 470 Å². The number of aliphatic hydroxyl groups excluding tert-OH is 2. The summed E-state index contributed by atoms with van der Waals surface area (Å²) in [4.78, 5) is 69.1. The highest BCUT2D eigenvalue weighted by atomic mass is 32.1. The number of aromatic nitrogens is 6. The highest BCUT2D eigenvalue weighted by Crippen LogP contribution is 2.36. The van der Waals surface area contributed by atoms with Crippen molar-refractivity contribution in [1.29, 1.82) is 0 Å². The molecule has 8 N–H and O–H groups in total. The standard InChI is InChI=1S/C56H69F4N13O7S/c1-31(33-7-9-34(10-8-33)47-32(2)67-30-81-47)68-53(77)42-22-37(74)25-73(42)54(78)48(55(3,4)5)69-44(75)26-79-18-17-70-15-11-38(12-16-70)80-46-39(57)19-35(20-40(46)58)41-21-36(24-72-29-66-45-51(61)64-28-65-52(45)72)43(23-63-41)71-14-6-13-56(62,27-71)49(76)50(59)60/h7-10,19-21,23,28-31,37-38,42,48-50,74,76H,6,11-18,22,24-27,62H2,1-5H3,(H,68,77)(H,69,75)(H2,61,64,65)/t31-,37+,42-,48+,49-,56+/m0/s1. The Kier molecular flexibility index (Phi) is 17.9. The largest absolute Gasteiger partial charge is 0.484 e. The zero-order valence-electron chi connectivity index (χ0n) is 45.8. The Balaban J connectivity index is 0.764. The lowest BCUT2D eigenvalue weighted by Gasteiger charge is -2.44. The maximum atomic E-state index is 15.9. The smallest absolute Gasteiger partial charge is 0.265 e. The van der Waals surface area contributed by atoms with E-state index in [4.69, 9.17) is 20.9 Å². The molecule has 3 saturated heterocycles.